The average molecular weight is 232 g/mol. The van der Waals surface area contributed by atoms with Gasteiger partial charge in [-0.3, -0.25) is 0 Å². The minimum Gasteiger partial charge on any atom is -0.137 e. The van der Waals surface area contributed by atoms with Crippen molar-refractivity contribution < 1.29 is 0 Å². The Balaban J connectivity index is 2.17. The zero-order chi connectivity index (χ0) is 10.5. The molecule has 1 heterocycles. The molecule has 0 spiro atoms. The minimum atomic E-state index is 0.957. The zero-order valence-electron chi connectivity index (χ0n) is 8.35. The monoisotopic (exact) mass is 232 g/mol. The molecule has 0 atom stereocenters. The van der Waals surface area contributed by atoms with Crippen LogP contribution in [0.2, 0.25) is 0 Å². The Labute approximate surface area is 98.7 Å². The largest absolute Gasteiger partial charge is 0.137 e. The van der Waals surface area contributed by atoms with Crippen LogP contribution in [0, 0.1) is 0 Å². The highest BCUT2D eigenvalue weighted by Gasteiger charge is 2.04. The molecule has 0 radical (unpaired) electrons. The third-order valence-electron chi connectivity index (χ3n) is 2.02. The Hall–Kier alpha value is -0.990. The van der Waals surface area contributed by atoms with E-state index < -0.39 is 0 Å². The van der Waals surface area contributed by atoms with Crippen molar-refractivity contribution in [2.24, 2.45) is 0 Å². The molecule has 0 amide bonds. The highest BCUT2D eigenvalue weighted by molar-refractivity contribution is 8.01. The normalized spacial score (nSPS) is 10.1. The summed E-state index contributed by atoms with van der Waals surface area (Å²) < 4.78 is 1.38. The van der Waals surface area contributed by atoms with Crippen LogP contribution in [0.5, 0.6) is 0 Å². The molecule has 0 bridgehead atoms. The Kier molecular flexibility index (Phi) is 3.64. The lowest BCUT2D eigenvalue weighted by Crippen LogP contribution is -1.78. The maximum Gasteiger partial charge on any atom is 0.0681 e. The van der Waals surface area contributed by atoms with E-state index in [-0.39, 0.29) is 0 Å². The highest BCUT2D eigenvalue weighted by Crippen LogP contribution is 2.34. The van der Waals surface area contributed by atoms with Gasteiger partial charge in [-0.15, -0.1) is 17.9 Å². The van der Waals surface area contributed by atoms with Gasteiger partial charge in [0.25, 0.3) is 0 Å². The summed E-state index contributed by atoms with van der Waals surface area (Å²) in [5, 5.41) is 2.14. The van der Waals surface area contributed by atoms with Crippen molar-refractivity contribution in [2.75, 3.05) is 0 Å². The molecule has 0 N–H and O–H groups in total. The van der Waals surface area contributed by atoms with Crippen LogP contribution in [0.1, 0.15) is 5.56 Å². The highest BCUT2D eigenvalue weighted by atomic mass is 32.2. The van der Waals surface area contributed by atoms with Crippen LogP contribution in [0.15, 0.2) is 63.5 Å². The zero-order valence-corrected chi connectivity index (χ0v) is 9.98. The summed E-state index contributed by atoms with van der Waals surface area (Å²) >= 11 is 3.63. The predicted molar refractivity (Wildman–Crippen MR) is 68.8 cm³/mol. The first-order valence-corrected chi connectivity index (χ1v) is 6.50. The van der Waals surface area contributed by atoms with Gasteiger partial charge in [0.15, 0.2) is 0 Å². The fourth-order valence-corrected chi connectivity index (χ4v) is 3.41. The van der Waals surface area contributed by atoms with Gasteiger partial charge in [-0.1, -0.05) is 36.0 Å². The molecule has 2 aromatic rings. The molecule has 0 fully saturated rings. The standard InChI is InChI=1S/C13H12S2/c1-2-6-11-9-10-14-13(11)15-12-7-4-3-5-8-12/h2-5,7-10H,1,6H2. The van der Waals surface area contributed by atoms with Crippen LogP contribution < -0.4 is 0 Å². The first-order valence-electron chi connectivity index (χ1n) is 4.80. The average Bonchev–Trinajstić information content (AvgIpc) is 2.68. The molecule has 0 aliphatic heterocycles. The third-order valence-corrected chi connectivity index (χ3v) is 4.27. The number of thiophene rings is 1. The summed E-state index contributed by atoms with van der Waals surface area (Å²) in [6.45, 7) is 3.78. The molecule has 1 aromatic heterocycles. The van der Waals surface area contributed by atoms with Crippen LogP contribution in [0.3, 0.4) is 0 Å². The number of rotatable bonds is 4. The molecule has 0 saturated heterocycles. The van der Waals surface area contributed by atoms with Crippen molar-refractivity contribution in [2.45, 2.75) is 15.5 Å². The molecule has 76 valence electrons. The van der Waals surface area contributed by atoms with Gasteiger partial charge in [0, 0.05) is 4.90 Å². The quantitative estimate of drug-likeness (QED) is 0.693. The number of allylic oxidation sites excluding steroid dienone is 1. The van der Waals surface area contributed by atoms with Crippen LogP contribution in [-0.4, -0.2) is 0 Å². The SMILES string of the molecule is C=CCc1ccsc1Sc1ccccc1. The van der Waals surface area contributed by atoms with Gasteiger partial charge >= 0.3 is 0 Å². The van der Waals surface area contributed by atoms with Crippen molar-refractivity contribution in [3.8, 4) is 0 Å². The van der Waals surface area contributed by atoms with Gasteiger partial charge in [-0.2, -0.15) is 0 Å². The van der Waals surface area contributed by atoms with E-state index in [2.05, 4.69) is 42.3 Å². The van der Waals surface area contributed by atoms with E-state index in [1.807, 2.05) is 23.9 Å². The van der Waals surface area contributed by atoms with Gasteiger partial charge < -0.3 is 0 Å². The second-order valence-electron chi connectivity index (χ2n) is 3.14. The molecule has 0 nitrogen and oxygen atoms in total. The summed E-state index contributed by atoms with van der Waals surface area (Å²) in [6.07, 6.45) is 2.91. The third kappa shape index (κ3) is 2.74. The van der Waals surface area contributed by atoms with E-state index >= 15 is 0 Å². The van der Waals surface area contributed by atoms with Gasteiger partial charge in [-0.25, -0.2) is 0 Å². The lowest BCUT2D eigenvalue weighted by molar-refractivity contribution is 1.24. The van der Waals surface area contributed by atoms with Crippen LogP contribution in [0.25, 0.3) is 0 Å². The van der Waals surface area contributed by atoms with Gasteiger partial charge in [0.2, 0.25) is 0 Å². The van der Waals surface area contributed by atoms with Crippen molar-refractivity contribution in [3.05, 3.63) is 60.0 Å². The summed E-state index contributed by atoms with van der Waals surface area (Å²) in [5.41, 5.74) is 1.38. The summed E-state index contributed by atoms with van der Waals surface area (Å²) in [5.74, 6) is 0. The number of hydrogen-bond donors (Lipinski definition) is 0. The topological polar surface area (TPSA) is 0 Å². The van der Waals surface area contributed by atoms with E-state index in [1.165, 1.54) is 14.7 Å². The maximum atomic E-state index is 3.78. The number of hydrogen-bond acceptors (Lipinski definition) is 2. The Morgan fingerprint density at radius 2 is 2.00 bits per heavy atom. The van der Waals surface area contributed by atoms with E-state index in [1.54, 1.807) is 11.3 Å². The van der Waals surface area contributed by atoms with Gasteiger partial charge in [0.05, 0.1) is 4.21 Å². The second-order valence-corrected chi connectivity index (χ2v) is 5.40. The first-order chi connectivity index (χ1) is 7.40. The van der Waals surface area contributed by atoms with Crippen LogP contribution >= 0.6 is 23.1 Å². The van der Waals surface area contributed by atoms with Crippen molar-refractivity contribution in [1.29, 1.82) is 0 Å². The fourth-order valence-electron chi connectivity index (χ4n) is 1.31. The number of benzene rings is 1. The molecule has 2 heteroatoms. The molecule has 15 heavy (non-hydrogen) atoms. The fraction of sp³-hybridized carbons (Fsp3) is 0.0769. The molecular formula is C13H12S2. The minimum absolute atomic E-state index is 0.957. The summed E-state index contributed by atoms with van der Waals surface area (Å²) in [4.78, 5) is 1.30. The van der Waals surface area contributed by atoms with Crippen molar-refractivity contribution in [1.82, 2.24) is 0 Å². The molecule has 0 aliphatic carbocycles. The summed E-state index contributed by atoms with van der Waals surface area (Å²) in [6, 6.07) is 12.6. The van der Waals surface area contributed by atoms with Crippen molar-refractivity contribution >= 4 is 23.1 Å². The molecule has 1 aromatic carbocycles. The van der Waals surface area contributed by atoms with Crippen LogP contribution in [-0.2, 0) is 6.42 Å². The predicted octanol–water partition coefficient (Wildman–Crippen LogP) is 4.63. The molecule has 0 unspecified atom stereocenters. The molecule has 0 aliphatic rings. The second kappa shape index (κ2) is 5.19. The lowest BCUT2D eigenvalue weighted by atomic mass is 10.2. The van der Waals surface area contributed by atoms with Gasteiger partial charge in [0.1, 0.15) is 0 Å². The van der Waals surface area contributed by atoms with E-state index in [4.69, 9.17) is 0 Å². The first kappa shape index (κ1) is 10.5. The van der Waals surface area contributed by atoms with Crippen LogP contribution in [0.4, 0.5) is 0 Å². The van der Waals surface area contributed by atoms with E-state index in [0.717, 1.165) is 6.42 Å². The summed E-state index contributed by atoms with van der Waals surface area (Å²) in [7, 11) is 0. The van der Waals surface area contributed by atoms with Gasteiger partial charge in [-0.05, 0) is 35.6 Å². The van der Waals surface area contributed by atoms with E-state index in [9.17, 15) is 0 Å². The molecule has 2 rings (SSSR count). The Morgan fingerprint density at radius 1 is 1.20 bits per heavy atom. The Bertz CT molecular complexity index is 429. The Morgan fingerprint density at radius 3 is 2.73 bits per heavy atom. The lowest BCUT2D eigenvalue weighted by Gasteiger charge is -2.00. The molecule has 0 saturated carbocycles. The smallest absolute Gasteiger partial charge is 0.0681 e. The van der Waals surface area contributed by atoms with Crippen molar-refractivity contribution in [3.63, 3.8) is 0 Å². The maximum absolute atomic E-state index is 3.78. The molecular weight excluding hydrogens is 220 g/mol. The van der Waals surface area contributed by atoms with E-state index in [0.29, 0.717) is 0 Å².